The van der Waals surface area contributed by atoms with Gasteiger partial charge in [0.05, 0.1) is 16.6 Å². The predicted octanol–water partition coefficient (Wildman–Crippen LogP) is 4.30. The van der Waals surface area contributed by atoms with Crippen molar-refractivity contribution in [3.05, 3.63) is 78.7 Å². The summed E-state index contributed by atoms with van der Waals surface area (Å²) in [5, 5.41) is 0.135. The Kier molecular flexibility index (Phi) is 4.53. The third-order valence-corrected chi connectivity index (χ3v) is 8.27. The van der Waals surface area contributed by atoms with Crippen molar-refractivity contribution in [1.82, 2.24) is 4.98 Å². The second kappa shape index (κ2) is 6.97. The molecule has 2 unspecified atom stereocenters. The summed E-state index contributed by atoms with van der Waals surface area (Å²) >= 11 is 5.86. The molecule has 3 aromatic rings. The summed E-state index contributed by atoms with van der Waals surface area (Å²) in [7, 11) is 0. The van der Waals surface area contributed by atoms with Gasteiger partial charge >= 0.3 is 4.87 Å². The third-order valence-electron chi connectivity index (χ3n) is 5.35. The Morgan fingerprint density at radius 2 is 1.66 bits per heavy atom. The number of anilines is 1. The summed E-state index contributed by atoms with van der Waals surface area (Å²) in [6.45, 7) is 1.96. The first-order valence-electron chi connectivity index (χ1n) is 9.03. The van der Waals surface area contributed by atoms with Gasteiger partial charge in [-0.25, -0.2) is 4.90 Å². The molecule has 8 heteroatoms. The van der Waals surface area contributed by atoms with E-state index in [0.717, 1.165) is 31.8 Å². The highest BCUT2D eigenvalue weighted by Gasteiger charge is 2.56. The highest BCUT2D eigenvalue weighted by Crippen LogP contribution is 2.53. The van der Waals surface area contributed by atoms with Crippen molar-refractivity contribution < 1.29 is 9.59 Å². The molecule has 29 heavy (non-hydrogen) atoms. The maximum Gasteiger partial charge on any atom is 0.305 e. The van der Waals surface area contributed by atoms with Crippen LogP contribution in [0, 0.1) is 12.8 Å². The minimum Gasteiger partial charge on any atom is -0.307 e. The van der Waals surface area contributed by atoms with Crippen LogP contribution < -0.4 is 9.77 Å². The number of H-pyrrole nitrogens is 1. The normalized spacial score (nSPS) is 23.2. The number of aromatic amines is 1. The van der Waals surface area contributed by atoms with E-state index in [0.29, 0.717) is 10.7 Å². The summed E-state index contributed by atoms with van der Waals surface area (Å²) in [5.74, 6) is -1.32. The zero-order chi connectivity index (χ0) is 20.3. The number of hydrogen-bond acceptors (Lipinski definition) is 5. The van der Waals surface area contributed by atoms with E-state index in [-0.39, 0.29) is 22.6 Å². The number of aromatic nitrogens is 1. The van der Waals surface area contributed by atoms with Crippen LogP contribution in [0.1, 0.15) is 21.9 Å². The number of thiazole rings is 1. The lowest BCUT2D eigenvalue weighted by molar-refractivity contribution is -0.122. The van der Waals surface area contributed by atoms with E-state index < -0.39 is 11.2 Å². The summed E-state index contributed by atoms with van der Waals surface area (Å²) < 4.78 is 0.931. The average Bonchev–Trinajstić information content (AvgIpc) is 3.19. The number of amides is 2. The Morgan fingerprint density at radius 3 is 2.34 bits per heavy atom. The molecule has 3 atom stereocenters. The van der Waals surface area contributed by atoms with Crippen LogP contribution in [0.4, 0.5) is 5.69 Å². The van der Waals surface area contributed by atoms with Crippen molar-refractivity contribution in [3.8, 4) is 0 Å². The summed E-state index contributed by atoms with van der Waals surface area (Å²) in [4.78, 5) is 43.6. The number of nitrogens with one attached hydrogen (secondary N) is 1. The molecule has 2 aliphatic heterocycles. The molecule has 1 aromatic heterocycles. The Labute approximate surface area is 183 Å². The number of imide groups is 1. The monoisotopic (exact) mass is 486 g/mol. The molecule has 146 valence electrons. The van der Waals surface area contributed by atoms with E-state index in [2.05, 4.69) is 20.9 Å². The molecule has 1 saturated heterocycles. The largest absolute Gasteiger partial charge is 0.307 e. The van der Waals surface area contributed by atoms with Crippen molar-refractivity contribution in [2.45, 2.75) is 23.1 Å². The second-order valence-corrected chi connectivity index (χ2v) is 10.2. The van der Waals surface area contributed by atoms with Crippen LogP contribution in [0.25, 0.3) is 0 Å². The van der Waals surface area contributed by atoms with Gasteiger partial charge < -0.3 is 4.98 Å². The number of hydrogen-bond donors (Lipinski definition) is 1. The molecule has 0 bridgehead atoms. The summed E-state index contributed by atoms with van der Waals surface area (Å²) in [5.41, 5.74) is 2.58. The van der Waals surface area contributed by atoms with Gasteiger partial charge in [-0.1, -0.05) is 68.9 Å². The number of thioether (sulfide) groups is 1. The molecule has 0 aliphatic carbocycles. The molecular weight excluding hydrogens is 472 g/mol. The lowest BCUT2D eigenvalue weighted by Gasteiger charge is -2.29. The van der Waals surface area contributed by atoms with Gasteiger partial charge in [-0.15, -0.1) is 0 Å². The van der Waals surface area contributed by atoms with Crippen LogP contribution in [0.5, 0.6) is 0 Å². The Bertz CT molecular complexity index is 1180. The SMILES string of the molecule is Cc1ccc(N2C(=O)C3Sc4[nH]c(=O)sc4[C@H](c4ccc(Br)cc4)C3C2=O)cc1. The number of aryl methyl sites for hydroxylation is 1. The number of carbonyl (C=O) groups is 2. The number of halogens is 1. The molecular formula is C21H15BrN2O3S2. The van der Waals surface area contributed by atoms with Gasteiger partial charge in [-0.05, 0) is 36.8 Å². The van der Waals surface area contributed by atoms with Crippen molar-refractivity contribution in [3.63, 3.8) is 0 Å². The summed E-state index contributed by atoms with van der Waals surface area (Å²) in [6.07, 6.45) is 0. The van der Waals surface area contributed by atoms with E-state index >= 15 is 0 Å². The Morgan fingerprint density at radius 1 is 0.966 bits per heavy atom. The molecule has 1 N–H and O–H groups in total. The van der Waals surface area contributed by atoms with Gasteiger partial charge in [0.2, 0.25) is 11.8 Å². The van der Waals surface area contributed by atoms with Crippen LogP contribution in [-0.4, -0.2) is 22.0 Å². The van der Waals surface area contributed by atoms with Gasteiger partial charge in [0.15, 0.2) is 0 Å². The standard InChI is InChI=1S/C21H15BrN2O3S2/c1-10-2-8-13(9-3-10)24-19(25)15-14(11-4-6-12(22)7-5-11)16-18(23-21(27)29-16)28-17(15)20(24)26/h2-9,14-15,17H,1H3,(H,23,27)/t14-,15?,17?/m1/s1. The lowest BCUT2D eigenvalue weighted by atomic mass is 9.83. The van der Waals surface area contributed by atoms with Crippen LogP contribution in [0.15, 0.2) is 62.8 Å². The molecule has 2 aromatic carbocycles. The Balaban J connectivity index is 1.64. The Hall–Kier alpha value is -2.16. The zero-order valence-electron chi connectivity index (χ0n) is 15.2. The molecule has 0 spiro atoms. The molecule has 2 aliphatic rings. The van der Waals surface area contributed by atoms with Gasteiger partial charge in [0, 0.05) is 15.3 Å². The first-order chi connectivity index (χ1) is 13.9. The van der Waals surface area contributed by atoms with Crippen molar-refractivity contribution in [1.29, 1.82) is 0 Å². The minimum absolute atomic E-state index is 0.167. The number of benzene rings is 2. The molecule has 0 radical (unpaired) electrons. The highest BCUT2D eigenvalue weighted by molar-refractivity contribution is 9.10. The van der Waals surface area contributed by atoms with Gasteiger partial charge in [0.25, 0.3) is 0 Å². The smallest absolute Gasteiger partial charge is 0.305 e. The lowest BCUT2D eigenvalue weighted by Crippen LogP contribution is -2.32. The number of nitrogens with zero attached hydrogens (tertiary/aromatic N) is 1. The van der Waals surface area contributed by atoms with Crippen molar-refractivity contribution >= 4 is 56.5 Å². The van der Waals surface area contributed by atoms with Crippen molar-refractivity contribution in [2.24, 2.45) is 5.92 Å². The average molecular weight is 487 g/mol. The van der Waals surface area contributed by atoms with Gasteiger partial charge in [-0.3, -0.25) is 14.4 Å². The minimum atomic E-state index is -0.560. The molecule has 3 heterocycles. The van der Waals surface area contributed by atoms with Crippen LogP contribution in [-0.2, 0) is 9.59 Å². The second-order valence-electron chi connectivity index (χ2n) is 7.15. The van der Waals surface area contributed by atoms with Crippen LogP contribution in [0.2, 0.25) is 0 Å². The topological polar surface area (TPSA) is 70.2 Å². The number of fused-ring (bicyclic) bond motifs is 2. The fourth-order valence-electron chi connectivity index (χ4n) is 3.99. The van der Waals surface area contributed by atoms with Crippen LogP contribution >= 0.6 is 39.0 Å². The fraction of sp³-hybridized carbons (Fsp3) is 0.190. The first-order valence-corrected chi connectivity index (χ1v) is 11.5. The molecule has 2 amide bonds. The van der Waals surface area contributed by atoms with E-state index in [1.807, 2.05) is 43.3 Å². The maximum atomic E-state index is 13.5. The fourth-order valence-corrected chi connectivity index (χ4v) is 6.77. The molecule has 1 fully saturated rings. The van der Waals surface area contributed by atoms with Gasteiger partial charge in [-0.2, -0.15) is 0 Å². The molecule has 5 nitrogen and oxygen atoms in total. The highest BCUT2D eigenvalue weighted by atomic mass is 79.9. The first kappa shape index (κ1) is 18.8. The quantitative estimate of drug-likeness (QED) is 0.548. The molecule has 5 rings (SSSR count). The third kappa shape index (κ3) is 3.01. The van der Waals surface area contributed by atoms with E-state index in [1.54, 1.807) is 12.1 Å². The van der Waals surface area contributed by atoms with Gasteiger partial charge in [0.1, 0.15) is 5.25 Å². The van der Waals surface area contributed by atoms with E-state index in [1.165, 1.54) is 16.7 Å². The van der Waals surface area contributed by atoms with Crippen molar-refractivity contribution in [2.75, 3.05) is 4.90 Å². The zero-order valence-corrected chi connectivity index (χ0v) is 18.4. The predicted molar refractivity (Wildman–Crippen MR) is 118 cm³/mol. The number of rotatable bonds is 2. The van der Waals surface area contributed by atoms with Crippen LogP contribution in [0.3, 0.4) is 0 Å². The van der Waals surface area contributed by atoms with E-state index in [4.69, 9.17) is 0 Å². The maximum absolute atomic E-state index is 13.5. The number of carbonyl (C=O) groups excluding carboxylic acids is 2. The summed E-state index contributed by atoms with van der Waals surface area (Å²) in [6, 6.07) is 15.1. The van der Waals surface area contributed by atoms with E-state index in [9.17, 15) is 14.4 Å². The molecule has 0 saturated carbocycles.